The number of hydrogen-bond donors (Lipinski definition) is 12. The maximum atomic E-state index is 11.9. The van der Waals surface area contributed by atoms with Crippen molar-refractivity contribution in [2.24, 2.45) is 34.4 Å². The van der Waals surface area contributed by atoms with E-state index in [4.69, 9.17) is 78.8 Å². The van der Waals surface area contributed by atoms with Crippen LogP contribution in [0.5, 0.6) is 5.75 Å². The van der Waals surface area contributed by atoms with Gasteiger partial charge in [0.15, 0.2) is 25.5 Å². The summed E-state index contributed by atoms with van der Waals surface area (Å²) in [6.07, 6.45) is 14.5. The summed E-state index contributed by atoms with van der Waals surface area (Å²) in [7, 11) is -4.99. The smallest absolute Gasteiger partial charge is 0.251 e. The quantitative estimate of drug-likeness (QED) is 0.0209. The van der Waals surface area contributed by atoms with E-state index in [0.717, 1.165) is 138 Å². The van der Waals surface area contributed by atoms with Crippen LogP contribution in [0.1, 0.15) is 122 Å². The number of rotatable bonds is 23. The lowest BCUT2D eigenvalue weighted by Crippen LogP contribution is -2.40. The highest BCUT2D eigenvalue weighted by atomic mass is 32.2. The molecular formula is C103H95N21O14S9. The summed E-state index contributed by atoms with van der Waals surface area (Å²) in [5, 5.41) is 13.3. The maximum Gasteiger partial charge on any atom is 0.251 e. The number of carbonyl (C=O) groups is 8. The highest BCUT2D eigenvalue weighted by Gasteiger charge is 2.28. The number of likely N-dealkylation sites (tertiary alicyclic amines) is 1. The summed E-state index contributed by atoms with van der Waals surface area (Å²) >= 11 is 8.54. The van der Waals surface area contributed by atoms with Crippen LogP contribution in [0.2, 0.25) is 0 Å². The largest absolute Gasteiger partial charge is 0.493 e. The van der Waals surface area contributed by atoms with Crippen LogP contribution in [0.15, 0.2) is 223 Å². The Labute approximate surface area is 867 Å². The highest BCUT2D eigenvalue weighted by molar-refractivity contribution is 7.91. The number of thiophene rings is 6. The average molecular weight is 2140 g/mol. The fourth-order valence-electron chi connectivity index (χ4n) is 16.1. The number of ether oxygens (including phenoxy) is 1. The second-order valence-electron chi connectivity index (χ2n) is 33.7. The Morgan fingerprint density at radius 3 is 1.11 bits per heavy atom. The highest BCUT2D eigenvalue weighted by Crippen LogP contribution is 2.46. The molecule has 750 valence electrons. The van der Waals surface area contributed by atoms with Gasteiger partial charge in [-0.2, -0.15) is 5.26 Å². The molecule has 2 aliphatic heterocycles. The fourth-order valence-corrected chi connectivity index (χ4v) is 25.9. The predicted octanol–water partition coefficient (Wildman–Crippen LogP) is 15.6. The van der Waals surface area contributed by atoms with E-state index < -0.39 is 65.9 Å². The Bertz CT molecular complexity index is 8380. The minimum absolute atomic E-state index is 0.0207. The Kier molecular flexibility index (Phi) is 32.3. The number of sulfone groups is 2. The van der Waals surface area contributed by atoms with Crippen LogP contribution in [0, 0.1) is 11.3 Å². The van der Waals surface area contributed by atoms with Crippen LogP contribution in [0.4, 0.5) is 40.6 Å². The third-order valence-electron chi connectivity index (χ3n) is 24.2. The molecule has 0 spiro atoms. The summed E-state index contributed by atoms with van der Waals surface area (Å²) in [4.78, 5) is 127. The van der Waals surface area contributed by atoms with Crippen LogP contribution < -0.4 is 78.4 Å². The second-order valence-corrected chi connectivity index (χ2v) is 46.0. The molecule has 20 rings (SSSR count). The van der Waals surface area contributed by atoms with Gasteiger partial charge < -0.3 is 83.3 Å². The first-order chi connectivity index (χ1) is 70.2. The molecule has 0 bridgehead atoms. The van der Waals surface area contributed by atoms with Gasteiger partial charge in [-0.05, 0) is 158 Å². The number of hydrogen-bond acceptors (Lipinski definition) is 35. The Morgan fingerprint density at radius 2 is 0.796 bits per heavy atom. The average Bonchev–Trinajstić information content (AvgIpc) is 1.65. The molecule has 2 aliphatic rings. The van der Waals surface area contributed by atoms with Crippen molar-refractivity contribution in [2.75, 3.05) is 96.1 Å². The van der Waals surface area contributed by atoms with Gasteiger partial charge in [0.1, 0.15) is 46.9 Å². The second kappa shape index (κ2) is 45.1. The number of nitrogens with zero attached hydrogens (tertiary/aromatic N) is 9. The number of nitriles is 1. The first-order valence-electron chi connectivity index (χ1n) is 44.9. The summed E-state index contributed by atoms with van der Waals surface area (Å²) in [6.45, 7) is 5.88. The van der Waals surface area contributed by atoms with Crippen LogP contribution in [-0.2, 0) is 36.9 Å². The van der Waals surface area contributed by atoms with E-state index in [2.05, 4.69) is 52.8 Å². The lowest BCUT2D eigenvalue weighted by Gasteiger charge is -2.28. The zero-order valence-corrected chi connectivity index (χ0v) is 86.3. The first kappa shape index (κ1) is 105. The number of anilines is 7. The molecular weight excluding hydrogens is 2040 g/mol. The first-order valence-corrected chi connectivity index (χ1v) is 54.8. The third-order valence-corrected chi connectivity index (χ3v) is 35.8. The molecule has 2 saturated heterocycles. The third kappa shape index (κ3) is 23.8. The SMILES string of the molecule is CC(=O)c1ccc(-c2cc3c(N)ncc(C(N)=O)c3s2)cc1.CCS(=O)(=O)c1ccc(-c2cc3c(N)ncc(C(N)=O)c3s2)cc1.CN1CCCC1CCOc1cc(CC#N)ccc1-c1cc2c(N)ncc(C(N)=O)c2s1.CS(=O)c1ccc(-c2cc3c(N)ncc(C(N)=O)c3s2)cc1.NC(=O)c1cnc(N)c2cc(-c3ccc(C=O)cc3)sc12.NC(=O)c1cnc(N)c2cc(-c3ccc(N4CCS(=O)(=O)CC4)cc3)sc12. The molecule has 44 heteroatoms. The minimum Gasteiger partial charge on any atom is -0.493 e. The van der Waals surface area contributed by atoms with Crippen molar-refractivity contribution in [3.63, 3.8) is 0 Å². The number of nitrogens with two attached hydrogens (primary N) is 12. The predicted molar refractivity (Wildman–Crippen MR) is 589 cm³/mol. The molecule has 6 amide bonds. The van der Waals surface area contributed by atoms with Gasteiger partial charge in [-0.1, -0.05) is 97.9 Å². The molecule has 14 heterocycles. The number of aldehydes is 1. The number of nitrogen functional groups attached to an aromatic ring is 6. The number of carbonyl (C=O) groups excluding carboxylic acids is 8. The molecule has 0 radical (unpaired) electrons. The van der Waals surface area contributed by atoms with Crippen molar-refractivity contribution in [2.45, 2.75) is 55.4 Å². The number of pyridine rings is 6. The van der Waals surface area contributed by atoms with Crippen molar-refractivity contribution in [1.29, 1.82) is 5.26 Å². The van der Waals surface area contributed by atoms with E-state index in [1.165, 1.54) is 125 Å². The molecule has 24 N–H and O–H groups in total. The van der Waals surface area contributed by atoms with Gasteiger partial charge in [0.2, 0.25) is 0 Å². The van der Waals surface area contributed by atoms with Crippen LogP contribution in [0.3, 0.4) is 0 Å². The van der Waals surface area contributed by atoms with Gasteiger partial charge in [-0.25, -0.2) is 46.7 Å². The zero-order chi connectivity index (χ0) is 105. The van der Waals surface area contributed by atoms with Crippen molar-refractivity contribution < 1.29 is 64.1 Å². The van der Waals surface area contributed by atoms with Gasteiger partial charge in [-0.3, -0.25) is 42.6 Å². The van der Waals surface area contributed by atoms with Gasteiger partial charge >= 0.3 is 0 Å². The van der Waals surface area contributed by atoms with E-state index in [1.54, 1.807) is 61.7 Å². The van der Waals surface area contributed by atoms with E-state index in [0.29, 0.717) is 138 Å². The van der Waals surface area contributed by atoms with E-state index in [9.17, 15) is 59.4 Å². The Hall–Kier alpha value is -16.0. The number of fused-ring (bicyclic) bond motifs is 6. The molecule has 2 fully saturated rings. The number of Topliss-reactive ketones (excluding diaryl/α,β-unsaturated/α-hetero) is 1. The summed E-state index contributed by atoms with van der Waals surface area (Å²) < 4.78 is 68.9. The number of ketones is 1. The molecule has 147 heavy (non-hydrogen) atoms. The van der Waals surface area contributed by atoms with Gasteiger partial charge in [0.05, 0.1) is 103 Å². The normalized spacial score (nSPS) is 13.4. The molecule has 0 aliphatic carbocycles. The molecule has 2 atom stereocenters. The molecule has 2 unspecified atom stereocenters. The maximum absolute atomic E-state index is 11.9. The van der Waals surface area contributed by atoms with E-state index >= 15 is 0 Å². The van der Waals surface area contributed by atoms with Gasteiger partial charge in [0, 0.05) is 162 Å². The summed E-state index contributed by atoms with van der Waals surface area (Å²) in [5.41, 5.74) is 78.8. The number of benzene rings is 6. The number of aromatic nitrogens is 6. The molecule has 0 saturated carbocycles. The molecule has 6 aromatic carbocycles. The van der Waals surface area contributed by atoms with Crippen LogP contribution >= 0.6 is 68.0 Å². The minimum atomic E-state index is -3.23. The topological polar surface area (TPSA) is 651 Å². The van der Waals surface area contributed by atoms with Gasteiger partial charge in [0.25, 0.3) is 35.4 Å². The lowest BCUT2D eigenvalue weighted by molar-refractivity contribution is 0.0993. The molecule has 12 aromatic heterocycles. The van der Waals surface area contributed by atoms with E-state index in [1.807, 2.05) is 127 Å². The Balaban J connectivity index is 0.000000133. The molecule has 18 aromatic rings. The summed E-state index contributed by atoms with van der Waals surface area (Å²) in [5.74, 6) is 0.103. The van der Waals surface area contributed by atoms with E-state index in [-0.39, 0.29) is 27.9 Å². The van der Waals surface area contributed by atoms with Crippen molar-refractivity contribution in [3.05, 3.63) is 263 Å². The van der Waals surface area contributed by atoms with Crippen molar-refractivity contribution in [1.82, 2.24) is 34.8 Å². The van der Waals surface area contributed by atoms with Crippen LogP contribution in [-0.4, -0.2) is 166 Å². The monoisotopic (exact) mass is 2140 g/mol. The standard InChI is InChI=1S/C23H25N5O2S.C18H18N4O3S2.C16H15N3O3S2.C16H13N3O2S.C15H13N3O2S2.C15H11N3O2S/c1-28-9-2-3-15(28)7-10-30-19-11-14(6-8-24)4-5-16(19)20-12-17-21(31-20)18(23(26)29)13-27-22(17)25;19-17-13-9-15(26-16(13)14(10-21-17)18(20)23)11-1-3-12(4-2-11)22-5-7-27(24,25)8-6-22;1-2-24(21,22)10-5-3-9(4-6-10)13-7-11-14(23-13)12(16(18)20)8-19-15(11)17;1-8(20)9-2-4-10(5-3-9)13-6-11-14(22-13)12(16(18)21)7-19-15(11)17;1-22(20)9-4-2-8(3-5-9)12-6-10-13(21-12)11(15(17)19)7-18-14(10)16;16-14-10-5-12(9-3-1-8(7-19)2-4-9)21-13(10)11(6-18-14)15(17)20/h4-5,11-13,15H,2-3,6-7,9-10H2,1H3,(H2,25,27)(H2,26,29);1-4,9-10H,5-8H2,(H2,19,21)(H2,20,23);3-8H,2H2,1H3,(H2,17,19)(H2,18,20);2-7H,1H3,(H2,17,19)(H2,18,21);2-7H,1H3,(H2,16,18)(H2,17,19);1-7H,(H2,16,18)(H2,17,20). The van der Waals surface area contributed by atoms with Crippen molar-refractivity contribution >= 4 is 247 Å². The number of primary amides is 6. The van der Waals surface area contributed by atoms with Crippen LogP contribution in [0.25, 0.3) is 123 Å². The number of amides is 6. The zero-order valence-electron chi connectivity index (χ0n) is 79.0. The van der Waals surface area contributed by atoms with Crippen molar-refractivity contribution in [3.8, 4) is 74.5 Å². The van der Waals surface area contributed by atoms with Gasteiger partial charge in [-0.15, -0.1) is 68.0 Å². The molecule has 35 nitrogen and oxygen atoms in total. The fraction of sp³-hybridized carbons (Fsp3) is 0.155. The summed E-state index contributed by atoms with van der Waals surface area (Å²) in [6, 6.07) is 56.4. The Morgan fingerprint density at radius 1 is 0.469 bits per heavy atom. The lowest BCUT2D eigenvalue weighted by atomic mass is 10.1.